The van der Waals surface area contributed by atoms with Crippen LogP contribution >= 0.6 is 0 Å². The van der Waals surface area contributed by atoms with Crippen molar-refractivity contribution in [3.63, 3.8) is 0 Å². The van der Waals surface area contributed by atoms with E-state index in [9.17, 15) is 4.79 Å². The Labute approximate surface area is 229 Å². The van der Waals surface area contributed by atoms with Crippen LogP contribution in [-0.4, -0.2) is 43.4 Å². The number of nitrogens with zero attached hydrogens (tertiary/aromatic N) is 1. The number of hydrogen-bond donors (Lipinski definition) is 0. The molecule has 4 atom stereocenters. The molecule has 5 rings (SSSR count). The zero-order valence-corrected chi connectivity index (χ0v) is 24.6. The molecule has 0 unspecified atom stereocenters. The fraction of sp³-hybridized carbons (Fsp3) is 0.424. The van der Waals surface area contributed by atoms with E-state index in [2.05, 4.69) is 126 Å². The van der Waals surface area contributed by atoms with E-state index >= 15 is 0 Å². The van der Waals surface area contributed by atoms with E-state index in [0.717, 1.165) is 18.5 Å². The standard InChI is InChI=1S/C33H41NO3Si/c1-32(2,3)36-27-22-23-34-29(27)28(31(34)35)30(24-16-10-7-11-17-24)37-38(33(4,5)6,25-18-12-8-13-19-25)26-20-14-9-15-21-26/h7-21,27-30H,22-23H2,1-6H3/t27-,28-,29-,30+/m1/s1. The average Bonchev–Trinajstić information content (AvgIpc) is 3.24. The van der Waals surface area contributed by atoms with Crippen LogP contribution in [0.2, 0.25) is 5.04 Å². The minimum absolute atomic E-state index is 0.00617. The third-order valence-corrected chi connectivity index (χ3v) is 13.0. The molecule has 2 aliphatic heterocycles. The predicted molar refractivity (Wildman–Crippen MR) is 156 cm³/mol. The summed E-state index contributed by atoms with van der Waals surface area (Å²) in [7, 11) is -2.89. The fourth-order valence-electron chi connectivity index (χ4n) is 6.49. The smallest absolute Gasteiger partial charge is 0.261 e. The van der Waals surface area contributed by atoms with Crippen molar-refractivity contribution >= 4 is 24.6 Å². The van der Waals surface area contributed by atoms with Crippen LogP contribution in [0.1, 0.15) is 59.6 Å². The second kappa shape index (κ2) is 10.1. The maximum absolute atomic E-state index is 13.8. The molecule has 0 radical (unpaired) electrons. The Hall–Kier alpha value is -2.73. The normalized spacial score (nSPS) is 22.6. The highest BCUT2D eigenvalue weighted by molar-refractivity contribution is 6.99. The lowest BCUT2D eigenvalue weighted by molar-refractivity contribution is -0.172. The van der Waals surface area contributed by atoms with Gasteiger partial charge in [0.2, 0.25) is 5.91 Å². The number of ether oxygens (including phenoxy) is 1. The summed E-state index contributed by atoms with van der Waals surface area (Å²) >= 11 is 0. The Balaban J connectivity index is 1.66. The van der Waals surface area contributed by atoms with E-state index < -0.39 is 8.32 Å². The van der Waals surface area contributed by atoms with Crippen LogP contribution in [-0.2, 0) is 14.0 Å². The van der Waals surface area contributed by atoms with Gasteiger partial charge in [-0.25, -0.2) is 0 Å². The van der Waals surface area contributed by atoms with Crippen LogP contribution in [0.25, 0.3) is 0 Å². The molecular formula is C33H41NO3Si. The van der Waals surface area contributed by atoms with Crippen LogP contribution in [0.4, 0.5) is 0 Å². The number of amides is 1. The van der Waals surface area contributed by atoms with Crippen molar-refractivity contribution in [2.75, 3.05) is 6.54 Å². The third-order valence-electron chi connectivity index (χ3n) is 8.01. The van der Waals surface area contributed by atoms with Crippen molar-refractivity contribution < 1.29 is 14.0 Å². The van der Waals surface area contributed by atoms with Gasteiger partial charge >= 0.3 is 0 Å². The molecule has 5 heteroatoms. The van der Waals surface area contributed by atoms with Gasteiger partial charge in [-0.15, -0.1) is 0 Å². The first-order valence-electron chi connectivity index (χ1n) is 13.8. The molecule has 3 aromatic rings. The summed E-state index contributed by atoms with van der Waals surface area (Å²) in [6.07, 6.45) is 0.498. The van der Waals surface area contributed by atoms with Crippen molar-refractivity contribution in [1.29, 1.82) is 0 Å². The van der Waals surface area contributed by atoms with Gasteiger partial charge in [-0.3, -0.25) is 4.79 Å². The molecule has 0 aromatic heterocycles. The van der Waals surface area contributed by atoms with E-state index in [4.69, 9.17) is 9.16 Å². The second-order valence-electron chi connectivity index (χ2n) is 12.7. The fourth-order valence-corrected chi connectivity index (χ4v) is 11.2. The summed E-state index contributed by atoms with van der Waals surface area (Å²) in [5, 5.41) is 2.25. The Morgan fingerprint density at radius 2 is 1.29 bits per heavy atom. The average molecular weight is 528 g/mol. The quantitative estimate of drug-likeness (QED) is 0.291. The highest BCUT2D eigenvalue weighted by atomic mass is 28.4. The minimum atomic E-state index is -2.89. The van der Waals surface area contributed by atoms with Gasteiger partial charge in [-0.05, 0) is 48.2 Å². The highest BCUT2D eigenvalue weighted by Crippen LogP contribution is 2.49. The zero-order chi connectivity index (χ0) is 27.1. The lowest BCUT2D eigenvalue weighted by Crippen LogP contribution is -2.70. The lowest BCUT2D eigenvalue weighted by atomic mass is 9.79. The molecule has 0 aliphatic carbocycles. The topological polar surface area (TPSA) is 38.8 Å². The molecule has 0 N–H and O–H groups in total. The number of carbonyl (C=O) groups excluding carboxylic acids is 1. The first-order valence-corrected chi connectivity index (χ1v) is 15.8. The molecule has 0 saturated carbocycles. The third kappa shape index (κ3) is 4.76. The van der Waals surface area contributed by atoms with Crippen LogP contribution < -0.4 is 10.4 Å². The maximum atomic E-state index is 13.8. The molecule has 38 heavy (non-hydrogen) atoms. The van der Waals surface area contributed by atoms with Crippen molar-refractivity contribution in [2.45, 2.75) is 76.9 Å². The Morgan fingerprint density at radius 1 is 0.789 bits per heavy atom. The van der Waals surface area contributed by atoms with E-state index in [1.165, 1.54) is 10.4 Å². The van der Waals surface area contributed by atoms with Gasteiger partial charge in [-0.1, -0.05) is 112 Å². The van der Waals surface area contributed by atoms with Gasteiger partial charge in [0, 0.05) is 6.54 Å². The number of benzene rings is 3. The summed E-state index contributed by atoms with van der Waals surface area (Å²) in [5.41, 5.74) is 0.783. The first-order chi connectivity index (χ1) is 18.0. The molecule has 2 saturated heterocycles. The van der Waals surface area contributed by atoms with E-state index in [1.54, 1.807) is 0 Å². The van der Waals surface area contributed by atoms with E-state index in [1.807, 2.05) is 11.0 Å². The van der Waals surface area contributed by atoms with Gasteiger partial charge in [0.15, 0.2) is 0 Å². The molecule has 4 nitrogen and oxygen atoms in total. The summed E-state index contributed by atoms with van der Waals surface area (Å²) in [6, 6.07) is 31.8. The van der Waals surface area contributed by atoms with Gasteiger partial charge in [-0.2, -0.15) is 0 Å². The van der Waals surface area contributed by atoms with Crippen molar-refractivity contribution in [2.24, 2.45) is 5.92 Å². The van der Waals surface area contributed by atoms with Gasteiger partial charge in [0.05, 0.1) is 29.8 Å². The molecule has 0 bridgehead atoms. The SMILES string of the molecule is CC(C)(C)O[C@@H]1CCN2C(=O)[C@@H]([C@@H](O[Si](c3ccccc3)(c3ccccc3)C(C)(C)C)c3ccccc3)[C@@H]12. The lowest BCUT2D eigenvalue weighted by Gasteiger charge is -2.52. The van der Waals surface area contributed by atoms with Crippen LogP contribution in [0.5, 0.6) is 0 Å². The van der Waals surface area contributed by atoms with Crippen molar-refractivity contribution in [3.8, 4) is 0 Å². The number of fused-ring (bicyclic) bond motifs is 1. The molecule has 200 valence electrons. The molecule has 1 amide bonds. The van der Waals surface area contributed by atoms with Crippen molar-refractivity contribution in [3.05, 3.63) is 96.6 Å². The van der Waals surface area contributed by atoms with Gasteiger partial charge in [0.25, 0.3) is 8.32 Å². The molecule has 3 aromatic carbocycles. The molecule has 2 fully saturated rings. The number of β-lactam (4-membered cyclic amide) rings is 1. The van der Waals surface area contributed by atoms with Gasteiger partial charge in [0.1, 0.15) is 0 Å². The van der Waals surface area contributed by atoms with Crippen LogP contribution in [0, 0.1) is 5.92 Å². The molecule has 2 aliphatic rings. The number of carbonyl (C=O) groups is 1. The zero-order valence-electron chi connectivity index (χ0n) is 23.6. The molecular weight excluding hydrogens is 486 g/mol. The van der Waals surface area contributed by atoms with E-state index in [-0.39, 0.29) is 40.7 Å². The summed E-state index contributed by atoms with van der Waals surface area (Å²) in [4.78, 5) is 15.8. The predicted octanol–water partition coefficient (Wildman–Crippen LogP) is 5.72. The highest BCUT2D eigenvalue weighted by Gasteiger charge is 2.61. The Morgan fingerprint density at radius 3 is 1.76 bits per heavy atom. The summed E-state index contributed by atoms with van der Waals surface area (Å²) < 4.78 is 14.2. The minimum Gasteiger partial charge on any atom is -0.400 e. The summed E-state index contributed by atoms with van der Waals surface area (Å²) in [5.74, 6) is -0.101. The van der Waals surface area contributed by atoms with Crippen molar-refractivity contribution in [1.82, 2.24) is 4.90 Å². The van der Waals surface area contributed by atoms with Gasteiger partial charge < -0.3 is 14.1 Å². The van der Waals surface area contributed by atoms with Crippen LogP contribution in [0.3, 0.4) is 0 Å². The molecule has 2 heterocycles. The molecule has 0 spiro atoms. The maximum Gasteiger partial charge on any atom is 0.261 e. The number of rotatable bonds is 7. The van der Waals surface area contributed by atoms with Crippen LogP contribution in [0.15, 0.2) is 91.0 Å². The first kappa shape index (κ1) is 26.9. The second-order valence-corrected chi connectivity index (χ2v) is 17.0. The Bertz CT molecular complexity index is 1190. The number of hydrogen-bond acceptors (Lipinski definition) is 3. The largest absolute Gasteiger partial charge is 0.400 e. The van der Waals surface area contributed by atoms with E-state index in [0.29, 0.717) is 0 Å². The monoisotopic (exact) mass is 527 g/mol. The summed E-state index contributed by atoms with van der Waals surface area (Å²) in [6.45, 7) is 13.9. The Kier molecular flexibility index (Phi) is 7.14.